The number of benzene rings is 2. The Morgan fingerprint density at radius 3 is 2.05 bits per heavy atom. The summed E-state index contributed by atoms with van der Waals surface area (Å²) in [4.78, 5) is 0. The van der Waals surface area contributed by atoms with E-state index in [4.69, 9.17) is 0 Å². The normalized spacial score (nSPS) is 16.0. The van der Waals surface area contributed by atoms with Gasteiger partial charge in [-0.3, -0.25) is 0 Å². The SMILES string of the molecule is CNC(c1c(C)cc(F)cc1C)C1Cc2ccccc2C1. The van der Waals surface area contributed by atoms with E-state index < -0.39 is 0 Å². The number of fused-ring (bicyclic) bond motifs is 1. The molecule has 1 aliphatic rings. The molecule has 2 heteroatoms. The maximum absolute atomic E-state index is 13.5. The van der Waals surface area contributed by atoms with Crippen LogP contribution >= 0.6 is 0 Å². The van der Waals surface area contributed by atoms with Crippen molar-refractivity contribution in [3.63, 3.8) is 0 Å². The van der Waals surface area contributed by atoms with E-state index in [9.17, 15) is 4.39 Å². The van der Waals surface area contributed by atoms with E-state index in [-0.39, 0.29) is 11.9 Å². The summed E-state index contributed by atoms with van der Waals surface area (Å²) in [6.45, 7) is 4.02. The average molecular weight is 283 g/mol. The summed E-state index contributed by atoms with van der Waals surface area (Å²) in [5, 5.41) is 3.47. The van der Waals surface area contributed by atoms with Crippen molar-refractivity contribution in [2.24, 2.45) is 5.92 Å². The van der Waals surface area contributed by atoms with Crippen molar-refractivity contribution in [1.82, 2.24) is 5.32 Å². The highest BCUT2D eigenvalue weighted by molar-refractivity contribution is 5.40. The monoisotopic (exact) mass is 283 g/mol. The van der Waals surface area contributed by atoms with E-state index in [0.717, 1.165) is 24.0 Å². The molecule has 0 radical (unpaired) electrons. The van der Waals surface area contributed by atoms with Crippen molar-refractivity contribution < 1.29 is 4.39 Å². The predicted octanol–water partition coefficient (Wildman–Crippen LogP) is 4.12. The first kappa shape index (κ1) is 14.3. The minimum atomic E-state index is -0.140. The lowest BCUT2D eigenvalue weighted by atomic mass is 9.86. The first-order chi connectivity index (χ1) is 10.1. The van der Waals surface area contributed by atoms with Crippen molar-refractivity contribution in [2.45, 2.75) is 32.7 Å². The van der Waals surface area contributed by atoms with Crippen LogP contribution in [0.2, 0.25) is 0 Å². The van der Waals surface area contributed by atoms with Gasteiger partial charge in [-0.1, -0.05) is 24.3 Å². The molecule has 1 aliphatic carbocycles. The van der Waals surface area contributed by atoms with Crippen molar-refractivity contribution >= 4 is 0 Å². The zero-order valence-corrected chi connectivity index (χ0v) is 12.9. The zero-order valence-electron chi connectivity index (χ0n) is 12.9. The van der Waals surface area contributed by atoms with Gasteiger partial charge in [0, 0.05) is 6.04 Å². The Bertz CT molecular complexity index is 614. The summed E-state index contributed by atoms with van der Waals surface area (Å²) >= 11 is 0. The van der Waals surface area contributed by atoms with E-state index in [1.807, 2.05) is 20.9 Å². The van der Waals surface area contributed by atoms with Crippen LogP contribution in [0.3, 0.4) is 0 Å². The second-order valence-electron chi connectivity index (χ2n) is 6.16. The zero-order chi connectivity index (χ0) is 15.0. The van der Waals surface area contributed by atoms with Crippen LogP contribution in [0.15, 0.2) is 36.4 Å². The molecule has 0 saturated carbocycles. The summed E-state index contributed by atoms with van der Waals surface area (Å²) in [6.07, 6.45) is 2.19. The van der Waals surface area contributed by atoms with Gasteiger partial charge in [0.25, 0.3) is 0 Å². The molecular formula is C19H22FN. The highest BCUT2D eigenvalue weighted by Gasteiger charge is 2.30. The van der Waals surface area contributed by atoms with Crippen molar-refractivity contribution in [3.05, 3.63) is 70.0 Å². The van der Waals surface area contributed by atoms with Crippen LogP contribution in [0, 0.1) is 25.6 Å². The number of aryl methyl sites for hydroxylation is 2. The first-order valence-corrected chi connectivity index (χ1v) is 7.61. The van der Waals surface area contributed by atoms with Crippen LogP contribution in [-0.2, 0) is 12.8 Å². The molecule has 0 amide bonds. The van der Waals surface area contributed by atoms with Gasteiger partial charge in [-0.15, -0.1) is 0 Å². The van der Waals surface area contributed by atoms with Crippen LogP contribution in [0.25, 0.3) is 0 Å². The molecule has 21 heavy (non-hydrogen) atoms. The third-order valence-corrected chi connectivity index (χ3v) is 4.73. The molecule has 0 fully saturated rings. The summed E-state index contributed by atoms with van der Waals surface area (Å²) < 4.78 is 13.5. The quantitative estimate of drug-likeness (QED) is 0.893. The van der Waals surface area contributed by atoms with Gasteiger partial charge in [-0.25, -0.2) is 4.39 Å². The van der Waals surface area contributed by atoms with Gasteiger partial charge in [0.05, 0.1) is 0 Å². The molecule has 0 heterocycles. The molecule has 0 spiro atoms. The highest BCUT2D eigenvalue weighted by Crippen LogP contribution is 2.37. The van der Waals surface area contributed by atoms with Crippen molar-refractivity contribution in [2.75, 3.05) is 7.05 Å². The lowest BCUT2D eigenvalue weighted by molar-refractivity contribution is 0.394. The molecule has 2 aromatic rings. The number of hydrogen-bond donors (Lipinski definition) is 1. The third kappa shape index (κ3) is 2.60. The number of rotatable bonds is 3. The van der Waals surface area contributed by atoms with E-state index in [0.29, 0.717) is 5.92 Å². The molecule has 3 rings (SSSR count). The Kier molecular flexibility index (Phi) is 3.81. The molecule has 0 aromatic heterocycles. The van der Waals surface area contributed by atoms with Crippen molar-refractivity contribution in [1.29, 1.82) is 0 Å². The van der Waals surface area contributed by atoms with Crippen molar-refractivity contribution in [3.8, 4) is 0 Å². The van der Waals surface area contributed by atoms with E-state index in [2.05, 4.69) is 29.6 Å². The molecular weight excluding hydrogens is 261 g/mol. The standard InChI is InChI=1S/C19H22FN/c1-12-8-17(20)9-13(2)18(12)19(21-3)16-10-14-6-4-5-7-15(14)11-16/h4-9,16,19,21H,10-11H2,1-3H3. The second kappa shape index (κ2) is 5.61. The Balaban J connectivity index is 1.94. The third-order valence-electron chi connectivity index (χ3n) is 4.73. The second-order valence-corrected chi connectivity index (χ2v) is 6.16. The predicted molar refractivity (Wildman–Crippen MR) is 85.0 cm³/mol. The van der Waals surface area contributed by atoms with Crippen LogP contribution in [-0.4, -0.2) is 7.05 Å². The van der Waals surface area contributed by atoms with E-state index in [1.54, 1.807) is 12.1 Å². The molecule has 0 saturated heterocycles. The fraction of sp³-hybridized carbons (Fsp3) is 0.368. The fourth-order valence-electron chi connectivity index (χ4n) is 3.86. The summed E-state index contributed by atoms with van der Waals surface area (Å²) in [6, 6.07) is 12.3. The average Bonchev–Trinajstić information content (AvgIpc) is 2.85. The molecule has 0 bridgehead atoms. The topological polar surface area (TPSA) is 12.0 Å². The van der Waals surface area contributed by atoms with Crippen LogP contribution in [0.1, 0.15) is 33.9 Å². The Morgan fingerprint density at radius 2 is 1.57 bits per heavy atom. The van der Waals surface area contributed by atoms with Crippen LogP contribution < -0.4 is 5.32 Å². The molecule has 1 N–H and O–H groups in total. The number of hydrogen-bond acceptors (Lipinski definition) is 1. The largest absolute Gasteiger partial charge is 0.313 e. The lowest BCUT2D eigenvalue weighted by Gasteiger charge is -2.27. The van der Waals surface area contributed by atoms with E-state index in [1.165, 1.54) is 16.7 Å². The summed E-state index contributed by atoms with van der Waals surface area (Å²) in [7, 11) is 2.01. The lowest BCUT2D eigenvalue weighted by Crippen LogP contribution is -2.27. The molecule has 1 atom stereocenters. The number of nitrogens with one attached hydrogen (secondary N) is 1. The number of halogens is 1. The van der Waals surface area contributed by atoms with Gasteiger partial charge in [0.2, 0.25) is 0 Å². The van der Waals surface area contributed by atoms with Gasteiger partial charge >= 0.3 is 0 Å². The minimum Gasteiger partial charge on any atom is -0.313 e. The van der Waals surface area contributed by atoms with Gasteiger partial charge in [0.15, 0.2) is 0 Å². The van der Waals surface area contributed by atoms with E-state index >= 15 is 0 Å². The Labute approximate surface area is 126 Å². The smallest absolute Gasteiger partial charge is 0.123 e. The molecule has 2 aromatic carbocycles. The fourth-order valence-corrected chi connectivity index (χ4v) is 3.86. The maximum Gasteiger partial charge on any atom is 0.123 e. The summed E-state index contributed by atoms with van der Waals surface area (Å²) in [5.41, 5.74) is 6.27. The minimum absolute atomic E-state index is 0.140. The van der Waals surface area contributed by atoms with Crippen LogP contribution in [0.5, 0.6) is 0 Å². The molecule has 0 aliphatic heterocycles. The molecule has 110 valence electrons. The van der Waals surface area contributed by atoms with Gasteiger partial charge in [-0.05, 0) is 79.6 Å². The Morgan fingerprint density at radius 1 is 1.05 bits per heavy atom. The highest BCUT2D eigenvalue weighted by atomic mass is 19.1. The molecule has 1 nitrogen and oxygen atoms in total. The molecule has 1 unspecified atom stereocenters. The Hall–Kier alpha value is -1.67. The van der Waals surface area contributed by atoms with Gasteiger partial charge in [-0.2, -0.15) is 0 Å². The van der Waals surface area contributed by atoms with Gasteiger partial charge in [0.1, 0.15) is 5.82 Å². The first-order valence-electron chi connectivity index (χ1n) is 7.61. The van der Waals surface area contributed by atoms with Crippen LogP contribution in [0.4, 0.5) is 4.39 Å². The van der Waals surface area contributed by atoms with Gasteiger partial charge < -0.3 is 5.32 Å². The summed E-state index contributed by atoms with van der Waals surface area (Å²) in [5.74, 6) is 0.397. The maximum atomic E-state index is 13.5.